The van der Waals surface area contributed by atoms with E-state index < -0.39 is 11.9 Å². The molecule has 2 atom stereocenters. The molecule has 13 heteroatoms. The number of carbonyl (C=O) groups is 3. The quantitative estimate of drug-likeness (QED) is 0.0840. The third-order valence-electron chi connectivity index (χ3n) is 10.2. The van der Waals surface area contributed by atoms with E-state index in [9.17, 15) is 14.4 Å². The number of imidazole rings is 1. The van der Waals surface area contributed by atoms with Crippen molar-refractivity contribution >= 4 is 46.4 Å². The van der Waals surface area contributed by atoms with E-state index in [4.69, 9.17) is 16.6 Å². The number of carbonyl (C=O) groups excluding carboxylic acids is 3. The number of unbranched alkanes of at least 4 members (excludes halogenated alkanes) is 1. The van der Waals surface area contributed by atoms with Gasteiger partial charge in [-0.25, -0.2) is 4.98 Å². The first-order valence-corrected chi connectivity index (χ1v) is 19.2. The Bertz CT molecular complexity index is 2440. The van der Waals surface area contributed by atoms with Crippen molar-refractivity contribution in [1.29, 1.82) is 0 Å². The number of amides is 3. The molecular formula is C41H37ClN8O3S. The molecule has 0 bridgehead atoms. The van der Waals surface area contributed by atoms with Crippen LogP contribution in [-0.2, 0) is 29.2 Å². The number of imide groups is 1. The van der Waals surface area contributed by atoms with Crippen molar-refractivity contribution < 1.29 is 14.4 Å². The molecule has 1 N–H and O–H groups in total. The lowest BCUT2D eigenvalue weighted by molar-refractivity contribution is -0.136. The second-order valence-electron chi connectivity index (χ2n) is 13.8. The highest BCUT2D eigenvalue weighted by Crippen LogP contribution is 2.37. The van der Waals surface area contributed by atoms with E-state index in [0.29, 0.717) is 35.8 Å². The number of benzene rings is 2. The van der Waals surface area contributed by atoms with Gasteiger partial charge in [-0.3, -0.25) is 29.3 Å². The lowest BCUT2D eigenvalue weighted by Crippen LogP contribution is -2.52. The third-order valence-corrected chi connectivity index (χ3v) is 11.7. The molecule has 54 heavy (non-hydrogen) atoms. The summed E-state index contributed by atoms with van der Waals surface area (Å²) in [6.07, 6.45) is 10.6. The third kappa shape index (κ3) is 6.70. The summed E-state index contributed by atoms with van der Waals surface area (Å²) in [4.78, 5) is 49.5. The predicted octanol–water partition coefficient (Wildman–Crippen LogP) is 6.45. The molecule has 0 saturated carbocycles. The Morgan fingerprint density at radius 2 is 1.93 bits per heavy atom. The van der Waals surface area contributed by atoms with Gasteiger partial charge in [0.05, 0.1) is 16.9 Å². The van der Waals surface area contributed by atoms with Gasteiger partial charge < -0.3 is 9.47 Å². The average Bonchev–Trinajstić information content (AvgIpc) is 3.91. The molecule has 3 aliphatic rings. The van der Waals surface area contributed by atoms with E-state index in [1.165, 1.54) is 0 Å². The van der Waals surface area contributed by atoms with Crippen LogP contribution in [0.4, 0.5) is 0 Å². The van der Waals surface area contributed by atoms with Crippen LogP contribution in [0.25, 0.3) is 5.00 Å². The van der Waals surface area contributed by atoms with Crippen molar-refractivity contribution in [3.8, 4) is 16.8 Å². The minimum Gasteiger partial charge on any atom is -0.336 e. The number of nitrogens with zero attached hydrogens (tertiary/aromatic N) is 7. The van der Waals surface area contributed by atoms with Crippen LogP contribution in [0.2, 0.25) is 5.02 Å². The maximum atomic E-state index is 13.2. The van der Waals surface area contributed by atoms with Crippen molar-refractivity contribution in [3.63, 3.8) is 0 Å². The molecule has 3 aromatic heterocycles. The summed E-state index contributed by atoms with van der Waals surface area (Å²) in [6, 6.07) is 12.9. The summed E-state index contributed by atoms with van der Waals surface area (Å²) in [5, 5.41) is 12.8. The van der Waals surface area contributed by atoms with Crippen LogP contribution in [0.5, 0.6) is 0 Å². The molecule has 3 amide bonds. The van der Waals surface area contributed by atoms with Crippen molar-refractivity contribution in [2.75, 3.05) is 0 Å². The Morgan fingerprint density at radius 3 is 2.74 bits per heavy atom. The van der Waals surface area contributed by atoms with Crippen molar-refractivity contribution in [2.45, 2.75) is 78.0 Å². The number of halogens is 1. The van der Waals surface area contributed by atoms with Crippen LogP contribution in [0, 0.1) is 25.7 Å². The summed E-state index contributed by atoms with van der Waals surface area (Å²) >= 11 is 7.82. The zero-order chi connectivity index (χ0) is 37.5. The summed E-state index contributed by atoms with van der Waals surface area (Å²) in [6.45, 7) is 7.76. The van der Waals surface area contributed by atoms with Gasteiger partial charge in [0, 0.05) is 47.4 Å². The molecule has 0 radical (unpaired) electrons. The fraction of sp³-hybridized carbons (Fsp3) is 0.293. The van der Waals surface area contributed by atoms with Gasteiger partial charge in [-0.15, -0.1) is 21.5 Å². The fourth-order valence-electron chi connectivity index (χ4n) is 7.40. The molecule has 2 unspecified atom stereocenters. The highest BCUT2D eigenvalue weighted by atomic mass is 35.5. The van der Waals surface area contributed by atoms with E-state index in [2.05, 4.69) is 73.5 Å². The van der Waals surface area contributed by atoms with Gasteiger partial charge in [-0.05, 0) is 85.8 Å². The minimum absolute atomic E-state index is 0.0921. The smallest absolute Gasteiger partial charge is 0.255 e. The summed E-state index contributed by atoms with van der Waals surface area (Å²) in [5.41, 5.74) is 7.33. The zero-order valence-electron chi connectivity index (χ0n) is 30.1. The summed E-state index contributed by atoms with van der Waals surface area (Å²) < 4.78 is 4.15. The highest BCUT2D eigenvalue weighted by Gasteiger charge is 2.40. The van der Waals surface area contributed by atoms with Gasteiger partial charge in [0.2, 0.25) is 11.8 Å². The van der Waals surface area contributed by atoms with Crippen molar-refractivity contribution in [1.82, 2.24) is 34.5 Å². The largest absolute Gasteiger partial charge is 0.336 e. The van der Waals surface area contributed by atoms with Gasteiger partial charge >= 0.3 is 0 Å². The van der Waals surface area contributed by atoms with Crippen molar-refractivity contribution in [3.05, 3.63) is 128 Å². The number of rotatable bonds is 8. The number of hydrogen-bond donors (Lipinski definition) is 1. The van der Waals surface area contributed by atoms with Crippen LogP contribution in [0.1, 0.15) is 98.9 Å². The topological polar surface area (TPSA) is 127 Å². The molecule has 2 aromatic carbocycles. The molecule has 3 aliphatic heterocycles. The lowest BCUT2D eigenvalue weighted by Gasteiger charge is -2.29. The molecule has 5 aromatic rings. The normalized spacial score (nSPS) is 17.0. The molecular weight excluding hydrogens is 720 g/mol. The van der Waals surface area contributed by atoms with Crippen LogP contribution >= 0.6 is 22.9 Å². The average molecular weight is 757 g/mol. The van der Waals surface area contributed by atoms with Gasteiger partial charge in [-0.2, -0.15) is 0 Å². The molecule has 6 heterocycles. The van der Waals surface area contributed by atoms with Gasteiger partial charge in [0.1, 0.15) is 29.1 Å². The second kappa shape index (κ2) is 14.6. The molecule has 8 rings (SSSR count). The molecule has 0 spiro atoms. The number of piperidine rings is 1. The number of aliphatic imine (C=N–C) groups is 1. The molecule has 11 nitrogen and oxygen atoms in total. The Balaban J connectivity index is 0.913. The lowest BCUT2D eigenvalue weighted by atomic mass is 9.93. The Labute approximate surface area is 321 Å². The Hall–Kier alpha value is -5.64. The van der Waals surface area contributed by atoms with Gasteiger partial charge in [0.25, 0.3) is 5.91 Å². The number of fused-ring (bicyclic) bond motifs is 4. The zero-order valence-corrected chi connectivity index (χ0v) is 31.7. The van der Waals surface area contributed by atoms with Gasteiger partial charge in [0.15, 0.2) is 5.82 Å². The SMILES string of the molecule is Cc1c(C#Cc2cn(CCC/C=C/C(C)c3cccc4c3CN(C3CCC(=O)NC3=O)C4=O)cn2)sc2c1C(c1ccc(Cl)cc1)=NCc1nnc(C)n1-2. The summed E-state index contributed by atoms with van der Waals surface area (Å²) in [5.74, 6) is 7.52. The number of nitrogens with one attached hydrogen (secondary N) is 1. The maximum Gasteiger partial charge on any atom is 0.255 e. The maximum absolute atomic E-state index is 13.2. The Kier molecular flexibility index (Phi) is 9.60. The van der Waals surface area contributed by atoms with E-state index in [1.807, 2.05) is 55.8 Å². The molecule has 1 fully saturated rings. The number of aromatic nitrogens is 5. The van der Waals surface area contributed by atoms with Crippen LogP contribution < -0.4 is 5.32 Å². The first kappa shape index (κ1) is 35.4. The van der Waals surface area contributed by atoms with E-state index in [-0.39, 0.29) is 24.2 Å². The van der Waals surface area contributed by atoms with Crippen LogP contribution in [0.3, 0.4) is 0 Å². The molecule has 1 saturated heterocycles. The van der Waals surface area contributed by atoms with Gasteiger partial charge in [-0.1, -0.05) is 54.9 Å². The van der Waals surface area contributed by atoms with E-state index >= 15 is 0 Å². The van der Waals surface area contributed by atoms with E-state index in [0.717, 1.165) is 74.4 Å². The van der Waals surface area contributed by atoms with E-state index in [1.54, 1.807) is 16.2 Å². The van der Waals surface area contributed by atoms with Crippen LogP contribution in [0.15, 0.2) is 72.1 Å². The first-order valence-electron chi connectivity index (χ1n) is 18.0. The molecule has 0 aliphatic carbocycles. The second-order valence-corrected chi connectivity index (χ2v) is 15.2. The monoisotopic (exact) mass is 756 g/mol. The molecule has 272 valence electrons. The fourth-order valence-corrected chi connectivity index (χ4v) is 8.76. The standard InChI is InChI=1S/C41H37ClN8O3S/c1-24(30-9-7-10-31-32(30)22-49(40(31)53)33-16-18-36(51)45-39(33)52)8-5-4-6-19-48-21-29(44-23-48)15-17-34-25(2)37-38(27-11-13-28(42)14-12-27)43-20-35-47-46-26(3)50(35)41(37)54-34/h5,7-14,21,23-24,33H,4,6,16,18-20,22H2,1-3H3,(H,45,51,52)/b8-5+. The highest BCUT2D eigenvalue weighted by molar-refractivity contribution is 7.15. The summed E-state index contributed by atoms with van der Waals surface area (Å²) in [7, 11) is 0. The minimum atomic E-state index is -0.622. The van der Waals surface area contributed by atoms with Crippen molar-refractivity contribution in [2.24, 2.45) is 4.99 Å². The number of aryl methyl sites for hydroxylation is 2. The predicted molar refractivity (Wildman–Crippen MR) is 207 cm³/mol. The number of thiophene rings is 1. The first-order chi connectivity index (χ1) is 26.2. The number of allylic oxidation sites excluding steroid dienone is 2. The van der Waals surface area contributed by atoms with Crippen LogP contribution in [-0.4, -0.2) is 58.7 Å². The number of hydrogen-bond acceptors (Lipinski definition) is 8. The Morgan fingerprint density at radius 1 is 1.09 bits per heavy atom.